The van der Waals surface area contributed by atoms with Crippen LogP contribution in [0.5, 0.6) is 5.75 Å². The predicted molar refractivity (Wildman–Crippen MR) is 93.7 cm³/mol. The van der Waals surface area contributed by atoms with Crippen LogP contribution in [-0.2, 0) is 11.3 Å². The second-order valence-electron chi connectivity index (χ2n) is 5.14. The Balaban J connectivity index is 1.99. The molecule has 0 saturated heterocycles. The maximum absolute atomic E-state index is 12.4. The Bertz CT molecular complexity index is 645. The number of amides is 1. The highest BCUT2D eigenvalue weighted by Gasteiger charge is 2.23. The molecule has 6 heteroatoms. The molecule has 1 aromatic carbocycles. The molecule has 2 rings (SSSR count). The van der Waals surface area contributed by atoms with Crippen molar-refractivity contribution in [1.29, 1.82) is 0 Å². The van der Waals surface area contributed by atoms with Crippen LogP contribution in [0.25, 0.3) is 0 Å². The lowest BCUT2D eigenvalue weighted by Crippen LogP contribution is -3.12. The quantitative estimate of drug-likeness (QED) is 0.804. The van der Waals surface area contributed by atoms with Crippen LogP contribution in [0, 0.1) is 0 Å². The first-order valence-corrected chi connectivity index (χ1v) is 8.62. The Morgan fingerprint density at radius 3 is 2.73 bits per heavy atom. The largest absolute Gasteiger partial charge is 0.495 e. The summed E-state index contributed by atoms with van der Waals surface area (Å²) in [5, 5.41) is 2.94. The van der Waals surface area contributed by atoms with E-state index in [1.165, 1.54) is 4.88 Å². The van der Waals surface area contributed by atoms with Crippen molar-refractivity contribution < 1.29 is 14.4 Å². The van der Waals surface area contributed by atoms with Gasteiger partial charge in [0.05, 0.1) is 28.5 Å². The maximum atomic E-state index is 12.4. The molecule has 0 aliphatic heterocycles. The lowest BCUT2D eigenvalue weighted by atomic mass is 10.2. The predicted octanol–water partition coefficient (Wildman–Crippen LogP) is 2.56. The Kier molecular flexibility index (Phi) is 5.99. The number of anilines is 1. The van der Waals surface area contributed by atoms with Crippen molar-refractivity contribution in [2.45, 2.75) is 19.5 Å². The third-order valence-corrected chi connectivity index (χ3v) is 5.20. The van der Waals surface area contributed by atoms with Crippen LogP contribution in [0.1, 0.15) is 11.8 Å². The molecule has 118 valence electrons. The van der Waals surface area contributed by atoms with Gasteiger partial charge in [-0.25, -0.2) is 0 Å². The topological polar surface area (TPSA) is 42.8 Å². The number of quaternary nitrogens is 1. The summed E-state index contributed by atoms with van der Waals surface area (Å²) in [4.78, 5) is 14.8. The van der Waals surface area contributed by atoms with Crippen LogP contribution in [0.4, 0.5) is 5.69 Å². The second kappa shape index (κ2) is 7.76. The number of thiophene rings is 1. The fraction of sp³-hybridized carbons (Fsp3) is 0.312. The zero-order chi connectivity index (χ0) is 16.1. The summed E-state index contributed by atoms with van der Waals surface area (Å²) in [6.07, 6.45) is 0. The fourth-order valence-electron chi connectivity index (χ4n) is 2.09. The van der Waals surface area contributed by atoms with Crippen molar-refractivity contribution in [3.63, 3.8) is 0 Å². The van der Waals surface area contributed by atoms with E-state index in [4.69, 9.17) is 4.74 Å². The SMILES string of the molecule is COc1ccccc1NC(=O)[C@@H](C)[NH+](C)Cc1ccc(Br)s1. The number of likely N-dealkylation sites (N-methyl/N-ethyl adjacent to an activating group) is 1. The van der Waals surface area contributed by atoms with Crippen LogP contribution in [0.15, 0.2) is 40.2 Å². The Hall–Kier alpha value is -1.37. The molecule has 22 heavy (non-hydrogen) atoms. The molecule has 0 radical (unpaired) electrons. The zero-order valence-electron chi connectivity index (χ0n) is 12.9. The van der Waals surface area contributed by atoms with E-state index in [-0.39, 0.29) is 11.9 Å². The molecule has 0 bridgehead atoms. The molecule has 0 aliphatic carbocycles. The van der Waals surface area contributed by atoms with E-state index < -0.39 is 0 Å². The third-order valence-electron chi connectivity index (χ3n) is 3.58. The van der Waals surface area contributed by atoms with Gasteiger partial charge in [0.2, 0.25) is 0 Å². The Labute approximate surface area is 143 Å². The first kappa shape index (κ1) is 17.0. The Morgan fingerprint density at radius 2 is 2.09 bits per heavy atom. The van der Waals surface area contributed by atoms with Gasteiger partial charge >= 0.3 is 0 Å². The van der Waals surface area contributed by atoms with E-state index in [9.17, 15) is 4.79 Å². The average molecular weight is 384 g/mol. The minimum atomic E-state index is -0.161. The van der Waals surface area contributed by atoms with Crippen LogP contribution in [0.2, 0.25) is 0 Å². The molecule has 0 spiro atoms. The summed E-state index contributed by atoms with van der Waals surface area (Å²) in [5.74, 6) is 0.653. The van der Waals surface area contributed by atoms with Gasteiger partial charge in [-0.15, -0.1) is 11.3 Å². The number of carbonyl (C=O) groups excluding carboxylic acids is 1. The van der Waals surface area contributed by atoms with E-state index in [1.807, 2.05) is 44.3 Å². The van der Waals surface area contributed by atoms with Gasteiger partial charge in [-0.2, -0.15) is 0 Å². The van der Waals surface area contributed by atoms with Gasteiger partial charge in [0, 0.05) is 0 Å². The molecule has 2 aromatic rings. The van der Waals surface area contributed by atoms with Crippen molar-refractivity contribution in [3.8, 4) is 5.75 Å². The number of carbonyl (C=O) groups is 1. The van der Waals surface area contributed by atoms with Crippen LogP contribution >= 0.6 is 27.3 Å². The molecule has 4 nitrogen and oxygen atoms in total. The monoisotopic (exact) mass is 383 g/mol. The van der Waals surface area contributed by atoms with E-state index in [0.717, 1.165) is 15.2 Å². The van der Waals surface area contributed by atoms with Crippen LogP contribution in [-0.4, -0.2) is 26.1 Å². The molecule has 1 amide bonds. The highest BCUT2D eigenvalue weighted by atomic mass is 79.9. The van der Waals surface area contributed by atoms with Crippen LogP contribution < -0.4 is 15.0 Å². The van der Waals surface area contributed by atoms with E-state index in [1.54, 1.807) is 18.4 Å². The Morgan fingerprint density at radius 1 is 1.36 bits per heavy atom. The molecular formula is C16H20BrN2O2S+. The van der Waals surface area contributed by atoms with Gasteiger partial charge in [-0.05, 0) is 47.1 Å². The number of ether oxygens (including phenoxy) is 1. The number of rotatable bonds is 6. The number of para-hydroxylation sites is 2. The number of hydrogen-bond donors (Lipinski definition) is 2. The van der Waals surface area contributed by atoms with Gasteiger partial charge in [-0.1, -0.05) is 12.1 Å². The number of hydrogen-bond acceptors (Lipinski definition) is 3. The molecular weight excluding hydrogens is 364 g/mol. The van der Waals surface area contributed by atoms with Gasteiger partial charge in [0.15, 0.2) is 6.04 Å². The highest BCUT2D eigenvalue weighted by Crippen LogP contribution is 2.23. The van der Waals surface area contributed by atoms with Crippen molar-refractivity contribution in [1.82, 2.24) is 0 Å². The van der Waals surface area contributed by atoms with E-state index in [2.05, 4.69) is 27.3 Å². The number of nitrogens with one attached hydrogen (secondary N) is 2. The van der Waals surface area contributed by atoms with Gasteiger partial charge < -0.3 is 15.0 Å². The summed E-state index contributed by atoms with van der Waals surface area (Å²) in [6.45, 7) is 2.75. The smallest absolute Gasteiger partial charge is 0.282 e. The fourth-order valence-corrected chi connectivity index (χ4v) is 3.67. The summed E-state index contributed by atoms with van der Waals surface area (Å²) < 4.78 is 6.37. The van der Waals surface area contributed by atoms with Crippen molar-refractivity contribution in [3.05, 3.63) is 45.1 Å². The lowest BCUT2D eigenvalue weighted by Gasteiger charge is -2.21. The summed E-state index contributed by atoms with van der Waals surface area (Å²) in [6, 6.07) is 11.4. The molecule has 0 fully saturated rings. The lowest BCUT2D eigenvalue weighted by molar-refractivity contribution is -0.907. The van der Waals surface area contributed by atoms with E-state index >= 15 is 0 Å². The molecule has 0 aliphatic rings. The van der Waals surface area contributed by atoms with Gasteiger partial charge in [0.1, 0.15) is 12.3 Å². The normalized spacial score (nSPS) is 13.5. The van der Waals surface area contributed by atoms with Crippen molar-refractivity contribution >= 4 is 38.9 Å². The standard InChI is InChI=1S/C16H19BrN2O2S/c1-11(19(2)10-12-8-9-15(17)22-12)16(20)18-13-6-4-5-7-14(13)21-3/h4-9,11H,10H2,1-3H3,(H,18,20)/p+1/t11-/m1/s1. The first-order chi connectivity index (χ1) is 10.5. The molecule has 2 N–H and O–H groups in total. The van der Waals surface area contributed by atoms with Gasteiger partial charge in [-0.3, -0.25) is 4.79 Å². The van der Waals surface area contributed by atoms with Crippen molar-refractivity contribution in [2.75, 3.05) is 19.5 Å². The second-order valence-corrected chi connectivity index (χ2v) is 7.69. The van der Waals surface area contributed by atoms with E-state index in [0.29, 0.717) is 11.4 Å². The minimum absolute atomic E-state index is 0.0161. The minimum Gasteiger partial charge on any atom is -0.495 e. The number of halogens is 1. The third kappa shape index (κ3) is 4.32. The summed E-state index contributed by atoms with van der Waals surface area (Å²) in [5.41, 5.74) is 0.702. The summed E-state index contributed by atoms with van der Waals surface area (Å²) in [7, 11) is 3.63. The average Bonchev–Trinajstić information content (AvgIpc) is 2.92. The van der Waals surface area contributed by atoms with Gasteiger partial charge in [0.25, 0.3) is 5.91 Å². The molecule has 1 aromatic heterocycles. The molecule has 2 atom stereocenters. The highest BCUT2D eigenvalue weighted by molar-refractivity contribution is 9.11. The number of benzene rings is 1. The zero-order valence-corrected chi connectivity index (χ0v) is 15.3. The summed E-state index contributed by atoms with van der Waals surface area (Å²) >= 11 is 5.16. The van der Waals surface area contributed by atoms with Crippen molar-refractivity contribution in [2.24, 2.45) is 0 Å². The maximum Gasteiger partial charge on any atom is 0.282 e. The number of methoxy groups -OCH3 is 1. The molecule has 1 heterocycles. The first-order valence-electron chi connectivity index (χ1n) is 7.01. The molecule has 0 saturated carbocycles. The molecule has 1 unspecified atom stereocenters. The van der Waals surface area contributed by atoms with Crippen LogP contribution in [0.3, 0.4) is 0 Å².